The van der Waals surface area contributed by atoms with E-state index in [1.807, 2.05) is 37.3 Å². The van der Waals surface area contributed by atoms with E-state index in [0.717, 1.165) is 19.4 Å². The molecule has 0 aliphatic heterocycles. The van der Waals surface area contributed by atoms with Crippen LogP contribution in [0.4, 0.5) is 5.69 Å². The highest BCUT2D eigenvalue weighted by Crippen LogP contribution is 2.22. The van der Waals surface area contributed by atoms with E-state index in [4.69, 9.17) is 0 Å². The average Bonchev–Trinajstić information content (AvgIpc) is 2.34. The van der Waals surface area contributed by atoms with Crippen molar-refractivity contribution in [2.24, 2.45) is 0 Å². The number of carbonyl (C=O) groups excluding carboxylic acids is 1. The van der Waals surface area contributed by atoms with Crippen LogP contribution in [-0.2, 0) is 0 Å². The molecule has 0 fully saturated rings. The third kappa shape index (κ3) is 3.29. The maximum Gasteiger partial charge on any atom is 0.274 e. The van der Waals surface area contributed by atoms with Gasteiger partial charge in [-0.1, -0.05) is 6.07 Å². The molecule has 0 aliphatic carbocycles. The minimum absolute atomic E-state index is 0.197. The molecule has 2 rings (SSSR count). The minimum atomic E-state index is -0.197. The summed E-state index contributed by atoms with van der Waals surface area (Å²) >= 11 is 5.62. The van der Waals surface area contributed by atoms with Crippen molar-refractivity contribution in [1.82, 2.24) is 4.98 Å². The largest absolute Gasteiger partial charge is 0.321 e. The maximum absolute atomic E-state index is 12.0. The van der Waals surface area contributed by atoms with Crippen LogP contribution in [0.5, 0.6) is 0 Å². The van der Waals surface area contributed by atoms with Gasteiger partial charge in [-0.2, -0.15) is 0 Å². The van der Waals surface area contributed by atoms with Crippen molar-refractivity contribution >= 4 is 50.1 Å². The SMILES string of the molecule is Cc1cccc(C(=O)Nc2ccc(Br)c(I)c2)n1. The number of rotatable bonds is 2. The molecule has 18 heavy (non-hydrogen) atoms. The summed E-state index contributed by atoms with van der Waals surface area (Å²) in [5.41, 5.74) is 2.01. The molecule has 1 aromatic carbocycles. The molecule has 0 aliphatic rings. The topological polar surface area (TPSA) is 42.0 Å². The molecule has 0 saturated heterocycles. The molecule has 0 bridgehead atoms. The fraction of sp³-hybridized carbons (Fsp3) is 0.0769. The monoisotopic (exact) mass is 416 g/mol. The second-order valence-electron chi connectivity index (χ2n) is 3.75. The smallest absolute Gasteiger partial charge is 0.274 e. The zero-order valence-corrected chi connectivity index (χ0v) is 13.3. The number of halogens is 2. The fourth-order valence-corrected chi connectivity index (χ4v) is 2.20. The third-order valence-electron chi connectivity index (χ3n) is 2.30. The maximum atomic E-state index is 12.0. The number of hydrogen-bond donors (Lipinski definition) is 1. The molecule has 0 unspecified atom stereocenters. The van der Waals surface area contributed by atoms with Crippen LogP contribution in [0, 0.1) is 10.5 Å². The number of pyridine rings is 1. The fourth-order valence-electron chi connectivity index (χ4n) is 1.44. The highest BCUT2D eigenvalue weighted by atomic mass is 127. The summed E-state index contributed by atoms with van der Waals surface area (Å²) in [5.74, 6) is -0.197. The Morgan fingerprint density at radius 2 is 2.11 bits per heavy atom. The quantitative estimate of drug-likeness (QED) is 0.751. The molecule has 0 atom stereocenters. The lowest BCUT2D eigenvalue weighted by molar-refractivity contribution is 0.102. The molecule has 2 aromatic rings. The first-order valence-corrected chi connectivity index (χ1v) is 7.13. The van der Waals surface area contributed by atoms with E-state index in [1.165, 1.54) is 0 Å². The van der Waals surface area contributed by atoms with Crippen molar-refractivity contribution in [2.45, 2.75) is 6.92 Å². The minimum Gasteiger partial charge on any atom is -0.321 e. The Kier molecular flexibility index (Phi) is 4.34. The average molecular weight is 417 g/mol. The number of aryl methyl sites for hydroxylation is 1. The Morgan fingerprint density at radius 1 is 1.33 bits per heavy atom. The normalized spacial score (nSPS) is 10.2. The summed E-state index contributed by atoms with van der Waals surface area (Å²) in [4.78, 5) is 16.2. The standard InChI is InChI=1S/C13H10BrIN2O/c1-8-3-2-4-12(16-8)13(18)17-9-5-6-10(14)11(15)7-9/h2-7H,1H3,(H,17,18). The van der Waals surface area contributed by atoms with Crippen LogP contribution in [0.1, 0.15) is 16.2 Å². The first-order valence-electron chi connectivity index (χ1n) is 5.26. The van der Waals surface area contributed by atoms with Crippen molar-refractivity contribution < 1.29 is 4.79 Å². The van der Waals surface area contributed by atoms with E-state index in [2.05, 4.69) is 48.8 Å². The number of aromatic nitrogens is 1. The lowest BCUT2D eigenvalue weighted by Crippen LogP contribution is -2.14. The van der Waals surface area contributed by atoms with Crippen LogP contribution in [0.3, 0.4) is 0 Å². The van der Waals surface area contributed by atoms with Crippen LogP contribution >= 0.6 is 38.5 Å². The van der Waals surface area contributed by atoms with Gasteiger partial charge < -0.3 is 5.32 Å². The Hall–Kier alpha value is -0.950. The van der Waals surface area contributed by atoms with Crippen LogP contribution < -0.4 is 5.32 Å². The van der Waals surface area contributed by atoms with Gasteiger partial charge in [0, 0.05) is 19.4 Å². The van der Waals surface area contributed by atoms with Gasteiger partial charge in [-0.25, -0.2) is 4.98 Å². The van der Waals surface area contributed by atoms with Gasteiger partial charge in [0.1, 0.15) is 5.69 Å². The molecule has 1 amide bonds. The summed E-state index contributed by atoms with van der Waals surface area (Å²) in [5, 5.41) is 2.83. The van der Waals surface area contributed by atoms with Crippen LogP contribution in [0.2, 0.25) is 0 Å². The zero-order chi connectivity index (χ0) is 13.1. The first kappa shape index (κ1) is 13.5. The zero-order valence-electron chi connectivity index (χ0n) is 9.58. The molecule has 1 N–H and O–H groups in total. The third-order valence-corrected chi connectivity index (χ3v) is 4.62. The van der Waals surface area contributed by atoms with Crippen molar-refractivity contribution in [3.8, 4) is 0 Å². The molecular formula is C13H10BrIN2O. The van der Waals surface area contributed by atoms with E-state index >= 15 is 0 Å². The number of nitrogens with one attached hydrogen (secondary N) is 1. The molecular weight excluding hydrogens is 407 g/mol. The van der Waals surface area contributed by atoms with Crippen molar-refractivity contribution in [2.75, 3.05) is 5.32 Å². The van der Waals surface area contributed by atoms with Gasteiger partial charge in [-0.15, -0.1) is 0 Å². The molecule has 0 spiro atoms. The molecule has 0 radical (unpaired) electrons. The van der Waals surface area contributed by atoms with E-state index in [1.54, 1.807) is 6.07 Å². The predicted octanol–water partition coefficient (Wildman–Crippen LogP) is 4.01. The first-order chi connectivity index (χ1) is 8.56. The number of amides is 1. The summed E-state index contributed by atoms with van der Waals surface area (Å²) in [6.07, 6.45) is 0. The Balaban J connectivity index is 2.18. The predicted molar refractivity (Wildman–Crippen MR) is 83.8 cm³/mol. The summed E-state index contributed by atoms with van der Waals surface area (Å²) in [6, 6.07) is 11.0. The molecule has 92 valence electrons. The van der Waals surface area contributed by atoms with Crippen molar-refractivity contribution in [3.05, 3.63) is 55.8 Å². The summed E-state index contributed by atoms with van der Waals surface area (Å²) in [7, 11) is 0. The second kappa shape index (κ2) is 5.79. The van der Waals surface area contributed by atoms with Crippen molar-refractivity contribution in [1.29, 1.82) is 0 Å². The van der Waals surface area contributed by atoms with Crippen molar-refractivity contribution in [3.63, 3.8) is 0 Å². The number of nitrogens with zero attached hydrogens (tertiary/aromatic N) is 1. The summed E-state index contributed by atoms with van der Waals surface area (Å²) < 4.78 is 2.05. The highest BCUT2D eigenvalue weighted by molar-refractivity contribution is 14.1. The van der Waals surface area contributed by atoms with Crippen LogP contribution in [0.25, 0.3) is 0 Å². The Bertz CT molecular complexity index is 601. The number of carbonyl (C=O) groups is 1. The molecule has 3 nitrogen and oxygen atoms in total. The van der Waals surface area contributed by atoms with Gasteiger partial charge in [0.2, 0.25) is 0 Å². The van der Waals surface area contributed by atoms with Gasteiger partial charge in [-0.3, -0.25) is 4.79 Å². The van der Waals surface area contributed by atoms with E-state index in [9.17, 15) is 4.79 Å². The van der Waals surface area contributed by atoms with E-state index in [-0.39, 0.29) is 5.91 Å². The molecule has 1 heterocycles. The van der Waals surface area contributed by atoms with Crippen LogP contribution in [-0.4, -0.2) is 10.9 Å². The Labute approximate surface area is 127 Å². The number of benzene rings is 1. The highest BCUT2D eigenvalue weighted by Gasteiger charge is 2.08. The molecule has 1 aromatic heterocycles. The van der Waals surface area contributed by atoms with Gasteiger partial charge >= 0.3 is 0 Å². The van der Waals surface area contributed by atoms with Crippen LogP contribution in [0.15, 0.2) is 40.9 Å². The molecule has 5 heteroatoms. The lowest BCUT2D eigenvalue weighted by atomic mass is 10.2. The summed E-state index contributed by atoms with van der Waals surface area (Å²) in [6.45, 7) is 1.86. The second-order valence-corrected chi connectivity index (χ2v) is 5.76. The van der Waals surface area contributed by atoms with Gasteiger partial charge in [0.25, 0.3) is 5.91 Å². The van der Waals surface area contributed by atoms with E-state index < -0.39 is 0 Å². The Morgan fingerprint density at radius 3 is 2.78 bits per heavy atom. The number of anilines is 1. The van der Waals surface area contributed by atoms with Gasteiger partial charge in [0.15, 0.2) is 0 Å². The lowest BCUT2D eigenvalue weighted by Gasteiger charge is -2.06. The van der Waals surface area contributed by atoms with Gasteiger partial charge in [-0.05, 0) is 75.8 Å². The van der Waals surface area contributed by atoms with E-state index in [0.29, 0.717) is 5.69 Å². The molecule has 0 saturated carbocycles. The van der Waals surface area contributed by atoms with Gasteiger partial charge in [0.05, 0.1) is 0 Å². The number of hydrogen-bond acceptors (Lipinski definition) is 2.